The van der Waals surface area contributed by atoms with E-state index in [1.54, 1.807) is 6.26 Å². The van der Waals surface area contributed by atoms with Crippen molar-refractivity contribution in [1.29, 1.82) is 0 Å². The van der Waals surface area contributed by atoms with Crippen LogP contribution in [0.1, 0.15) is 0 Å². The second-order valence-corrected chi connectivity index (χ2v) is 4.73. The molecule has 1 aromatic carbocycles. The topological polar surface area (TPSA) is 55.2 Å². The maximum Gasteiger partial charge on any atom is 0.190 e. The molecule has 0 aliphatic rings. The first-order valence-electron chi connectivity index (χ1n) is 6.89. The van der Waals surface area contributed by atoms with Crippen LogP contribution in [-0.4, -0.2) is 9.38 Å². The first kappa shape index (κ1) is 12.5. The number of imidazole rings is 1. The summed E-state index contributed by atoms with van der Waals surface area (Å²) in [6, 6.07) is 19.1. The van der Waals surface area contributed by atoms with Crippen LogP contribution in [0.15, 0.2) is 87.8 Å². The van der Waals surface area contributed by atoms with Crippen LogP contribution in [0, 0.1) is 0 Å². The molecule has 0 aliphatic heterocycles. The number of hydrogen-bond donors (Lipinski definition) is 0. The van der Waals surface area contributed by atoms with Gasteiger partial charge < -0.3 is 4.42 Å². The second-order valence-electron chi connectivity index (χ2n) is 4.73. The Kier molecular flexibility index (Phi) is 3.01. The van der Waals surface area contributed by atoms with Crippen LogP contribution in [0.25, 0.3) is 17.1 Å². The lowest BCUT2D eigenvalue weighted by Crippen LogP contribution is -1.80. The number of hydrogen-bond acceptors (Lipinski definition) is 4. The summed E-state index contributed by atoms with van der Waals surface area (Å²) in [5.41, 5.74) is 2.27. The lowest BCUT2D eigenvalue weighted by atomic mass is 10.3. The summed E-state index contributed by atoms with van der Waals surface area (Å²) in [5.74, 6) is 1.32. The molecule has 0 aliphatic carbocycles. The van der Waals surface area contributed by atoms with Gasteiger partial charge in [-0.15, -0.1) is 10.2 Å². The van der Waals surface area contributed by atoms with Crippen molar-refractivity contribution in [3.63, 3.8) is 0 Å². The summed E-state index contributed by atoms with van der Waals surface area (Å²) in [4.78, 5) is 4.58. The highest BCUT2D eigenvalue weighted by atomic mass is 16.3. The number of azo groups is 1. The number of rotatable bonds is 3. The smallest absolute Gasteiger partial charge is 0.190 e. The van der Waals surface area contributed by atoms with Gasteiger partial charge in [0.1, 0.15) is 5.65 Å². The van der Waals surface area contributed by atoms with Crippen LogP contribution in [0.4, 0.5) is 11.5 Å². The molecule has 4 rings (SSSR count). The minimum absolute atomic E-state index is 0.648. The summed E-state index contributed by atoms with van der Waals surface area (Å²) < 4.78 is 7.36. The summed E-state index contributed by atoms with van der Waals surface area (Å²) in [7, 11) is 0. The molecule has 3 aromatic heterocycles. The summed E-state index contributed by atoms with van der Waals surface area (Å²) in [6.45, 7) is 0. The Labute approximate surface area is 126 Å². The van der Waals surface area contributed by atoms with Gasteiger partial charge in [-0.1, -0.05) is 24.3 Å². The number of pyridine rings is 1. The number of fused-ring (bicyclic) bond motifs is 1. The molecule has 0 saturated carbocycles. The van der Waals surface area contributed by atoms with Crippen molar-refractivity contribution in [1.82, 2.24) is 9.38 Å². The van der Waals surface area contributed by atoms with Gasteiger partial charge in [-0.3, -0.25) is 4.40 Å². The predicted molar refractivity (Wildman–Crippen MR) is 83.5 cm³/mol. The van der Waals surface area contributed by atoms with Gasteiger partial charge in [0.15, 0.2) is 17.3 Å². The van der Waals surface area contributed by atoms with Crippen molar-refractivity contribution in [2.75, 3.05) is 0 Å². The third-order valence-corrected chi connectivity index (χ3v) is 3.28. The van der Waals surface area contributed by atoms with Crippen LogP contribution < -0.4 is 0 Å². The Balaban J connectivity index is 1.88. The van der Waals surface area contributed by atoms with E-state index in [1.165, 1.54) is 0 Å². The van der Waals surface area contributed by atoms with Crippen molar-refractivity contribution >= 4 is 17.2 Å². The molecule has 5 nitrogen and oxygen atoms in total. The summed E-state index contributed by atoms with van der Waals surface area (Å²) in [6.07, 6.45) is 3.53. The van der Waals surface area contributed by atoms with Crippen LogP contribution in [0.2, 0.25) is 0 Å². The van der Waals surface area contributed by atoms with E-state index in [2.05, 4.69) is 15.2 Å². The van der Waals surface area contributed by atoms with E-state index in [9.17, 15) is 0 Å². The fourth-order valence-corrected chi connectivity index (χ4v) is 2.26. The van der Waals surface area contributed by atoms with Gasteiger partial charge in [-0.25, -0.2) is 4.98 Å². The van der Waals surface area contributed by atoms with E-state index in [0.29, 0.717) is 17.3 Å². The molecule has 0 fully saturated rings. The van der Waals surface area contributed by atoms with Crippen molar-refractivity contribution < 1.29 is 4.42 Å². The Bertz CT molecular complexity index is 924. The fraction of sp³-hybridized carbons (Fsp3) is 0. The molecule has 4 aromatic rings. The van der Waals surface area contributed by atoms with Gasteiger partial charge >= 0.3 is 0 Å². The Morgan fingerprint density at radius 1 is 0.864 bits per heavy atom. The van der Waals surface area contributed by atoms with E-state index >= 15 is 0 Å². The van der Waals surface area contributed by atoms with Crippen LogP contribution in [0.5, 0.6) is 0 Å². The average Bonchev–Trinajstić information content (AvgIpc) is 3.21. The van der Waals surface area contributed by atoms with E-state index < -0.39 is 0 Å². The zero-order chi connectivity index (χ0) is 14.8. The van der Waals surface area contributed by atoms with Crippen LogP contribution >= 0.6 is 0 Å². The Morgan fingerprint density at radius 2 is 1.73 bits per heavy atom. The number of benzene rings is 1. The number of aromatic nitrogens is 2. The average molecular weight is 288 g/mol. The fourth-order valence-electron chi connectivity index (χ4n) is 2.26. The van der Waals surface area contributed by atoms with Crippen molar-refractivity contribution in [3.05, 3.63) is 73.1 Å². The van der Waals surface area contributed by atoms with Gasteiger partial charge in [0, 0.05) is 6.20 Å². The quantitative estimate of drug-likeness (QED) is 0.497. The van der Waals surface area contributed by atoms with E-state index in [1.807, 2.05) is 71.3 Å². The van der Waals surface area contributed by atoms with Crippen LogP contribution in [0.3, 0.4) is 0 Å². The molecule has 0 unspecified atom stereocenters. The maximum absolute atomic E-state index is 5.46. The maximum atomic E-state index is 5.46. The molecule has 0 amide bonds. The number of furan rings is 1. The molecule has 0 radical (unpaired) electrons. The highest BCUT2D eigenvalue weighted by Crippen LogP contribution is 2.32. The van der Waals surface area contributed by atoms with Gasteiger partial charge in [0.05, 0.1) is 12.0 Å². The van der Waals surface area contributed by atoms with Crippen LogP contribution in [-0.2, 0) is 0 Å². The molecule has 22 heavy (non-hydrogen) atoms. The molecule has 0 saturated heterocycles. The minimum Gasteiger partial charge on any atom is -0.463 e. The predicted octanol–water partition coefficient (Wildman–Crippen LogP) is 5.01. The lowest BCUT2D eigenvalue weighted by Gasteiger charge is -1.96. The molecule has 3 heterocycles. The van der Waals surface area contributed by atoms with Gasteiger partial charge in [-0.05, 0) is 36.4 Å². The highest BCUT2D eigenvalue weighted by molar-refractivity contribution is 5.71. The SMILES string of the molecule is c1ccc(N=Nc2c(-c3ccco3)nc3ccccn23)cc1. The minimum atomic E-state index is 0.648. The van der Waals surface area contributed by atoms with Gasteiger partial charge in [0.2, 0.25) is 0 Å². The zero-order valence-corrected chi connectivity index (χ0v) is 11.6. The number of nitrogens with zero attached hydrogens (tertiary/aromatic N) is 4. The van der Waals surface area contributed by atoms with Crippen molar-refractivity contribution in [3.8, 4) is 11.5 Å². The Hall–Kier alpha value is -3.21. The third-order valence-electron chi connectivity index (χ3n) is 3.28. The standard InChI is InChI=1S/C17H12N4O/c1-2-7-13(8-3-1)19-20-17-16(14-9-6-12-22-14)18-15-10-4-5-11-21(15)17/h1-12H. The third kappa shape index (κ3) is 2.18. The zero-order valence-electron chi connectivity index (χ0n) is 11.6. The van der Waals surface area contributed by atoms with Crippen molar-refractivity contribution in [2.45, 2.75) is 0 Å². The first-order valence-corrected chi connectivity index (χ1v) is 6.89. The molecule has 0 bridgehead atoms. The van der Waals surface area contributed by atoms with Crippen molar-refractivity contribution in [2.24, 2.45) is 10.2 Å². The lowest BCUT2D eigenvalue weighted by molar-refractivity contribution is 0.580. The van der Waals surface area contributed by atoms with Gasteiger partial charge in [-0.2, -0.15) is 0 Å². The highest BCUT2D eigenvalue weighted by Gasteiger charge is 2.15. The summed E-state index contributed by atoms with van der Waals surface area (Å²) in [5, 5.41) is 8.68. The normalized spacial score (nSPS) is 11.5. The second kappa shape index (κ2) is 5.29. The first-order chi connectivity index (χ1) is 10.9. The molecular weight excluding hydrogens is 276 g/mol. The van der Waals surface area contributed by atoms with Gasteiger partial charge in [0.25, 0.3) is 0 Å². The largest absolute Gasteiger partial charge is 0.463 e. The Morgan fingerprint density at radius 3 is 2.55 bits per heavy atom. The summed E-state index contributed by atoms with van der Waals surface area (Å²) >= 11 is 0. The molecule has 106 valence electrons. The van der Waals surface area contributed by atoms with E-state index in [4.69, 9.17) is 4.42 Å². The molecule has 0 spiro atoms. The van der Waals surface area contributed by atoms with E-state index in [0.717, 1.165) is 11.3 Å². The molecule has 5 heteroatoms. The van der Waals surface area contributed by atoms with E-state index in [-0.39, 0.29) is 0 Å². The molecule has 0 N–H and O–H groups in total. The molecular formula is C17H12N4O. The molecule has 0 atom stereocenters. The monoisotopic (exact) mass is 288 g/mol.